The monoisotopic (exact) mass is 648 g/mol. The van der Waals surface area contributed by atoms with E-state index in [1.165, 1.54) is 13.8 Å². The molecule has 2 amide bonds. The number of hydrogen-bond acceptors (Lipinski definition) is 8. The summed E-state index contributed by atoms with van der Waals surface area (Å²) in [6.07, 6.45) is -1.56. The summed E-state index contributed by atoms with van der Waals surface area (Å²) in [4.78, 5) is 49.1. The molecule has 48 heavy (non-hydrogen) atoms. The molecule has 0 atom stereocenters. The molecule has 0 aliphatic carbocycles. The Morgan fingerprint density at radius 2 is 0.917 bits per heavy atom. The average Bonchev–Trinajstić information content (AvgIpc) is 3.09. The number of amides is 2. The van der Waals surface area contributed by atoms with Gasteiger partial charge in [-0.3, -0.25) is 0 Å². The average molecular weight is 649 g/mol. The van der Waals surface area contributed by atoms with Crippen molar-refractivity contribution in [2.45, 2.75) is 13.8 Å². The van der Waals surface area contributed by atoms with E-state index < -0.39 is 24.1 Å². The first-order valence-corrected chi connectivity index (χ1v) is 15.1. The van der Waals surface area contributed by atoms with Crippen molar-refractivity contribution in [1.82, 2.24) is 10.6 Å². The van der Waals surface area contributed by atoms with Crippen molar-refractivity contribution < 1.29 is 38.1 Å². The zero-order valence-electron chi connectivity index (χ0n) is 26.7. The Hall–Kier alpha value is -6.16. The number of carbonyl (C=O) groups excluding carboxylic acids is 4. The highest BCUT2D eigenvalue weighted by Gasteiger charge is 2.19. The topological polar surface area (TPSA) is 129 Å². The molecule has 0 aliphatic rings. The molecule has 0 saturated carbocycles. The van der Waals surface area contributed by atoms with Gasteiger partial charge in [-0.15, -0.1) is 0 Å². The van der Waals surface area contributed by atoms with Gasteiger partial charge in [-0.25, -0.2) is 19.2 Å². The van der Waals surface area contributed by atoms with Crippen LogP contribution in [0.3, 0.4) is 0 Å². The molecule has 246 valence electrons. The number of ether oxygens (including phenoxy) is 4. The van der Waals surface area contributed by atoms with E-state index in [-0.39, 0.29) is 48.9 Å². The minimum absolute atomic E-state index is 0.00892. The highest BCUT2D eigenvalue weighted by Crippen LogP contribution is 2.41. The fourth-order valence-corrected chi connectivity index (χ4v) is 4.39. The van der Waals surface area contributed by atoms with Crippen molar-refractivity contribution in [2.75, 3.05) is 26.3 Å². The molecule has 4 rings (SSSR count). The minimum atomic E-state index is -0.779. The predicted octanol–water partition coefficient (Wildman–Crippen LogP) is 7.10. The summed E-state index contributed by atoms with van der Waals surface area (Å²) in [6.45, 7) is 10.00. The second-order valence-corrected chi connectivity index (χ2v) is 10.6. The summed E-state index contributed by atoms with van der Waals surface area (Å²) in [5.74, 6) is -0.750. The van der Waals surface area contributed by atoms with Crippen LogP contribution >= 0.6 is 0 Å². The van der Waals surface area contributed by atoms with Gasteiger partial charge in [0, 0.05) is 22.3 Å². The quantitative estimate of drug-likeness (QED) is 0.0892. The Balaban J connectivity index is 1.67. The lowest BCUT2D eigenvalue weighted by atomic mass is 9.94. The van der Waals surface area contributed by atoms with Crippen molar-refractivity contribution in [3.63, 3.8) is 0 Å². The van der Waals surface area contributed by atoms with E-state index in [2.05, 4.69) is 23.8 Å². The van der Waals surface area contributed by atoms with E-state index in [1.807, 2.05) is 84.9 Å². The summed E-state index contributed by atoms with van der Waals surface area (Å²) in [5, 5.41) is 5.15. The molecule has 0 spiro atoms. The van der Waals surface area contributed by atoms with Crippen molar-refractivity contribution in [1.29, 1.82) is 0 Å². The number of esters is 2. The van der Waals surface area contributed by atoms with Crippen LogP contribution in [0.5, 0.6) is 11.5 Å². The Morgan fingerprint density at radius 1 is 0.542 bits per heavy atom. The van der Waals surface area contributed by atoms with E-state index in [1.54, 1.807) is 12.1 Å². The summed E-state index contributed by atoms with van der Waals surface area (Å²) < 4.78 is 21.6. The van der Waals surface area contributed by atoms with Crippen molar-refractivity contribution in [3.05, 3.63) is 121 Å². The molecule has 0 fully saturated rings. The van der Waals surface area contributed by atoms with Crippen LogP contribution in [0.25, 0.3) is 33.4 Å². The summed E-state index contributed by atoms with van der Waals surface area (Å²) in [5.41, 5.74) is 4.91. The van der Waals surface area contributed by atoms with Crippen LogP contribution in [0.2, 0.25) is 0 Å². The maximum absolute atomic E-state index is 12.9. The first-order valence-electron chi connectivity index (χ1n) is 15.1. The lowest BCUT2D eigenvalue weighted by Gasteiger charge is -2.17. The smallest absolute Gasteiger partial charge is 0.412 e. The standard InChI is InChI=1S/C38H36N2O8/c1-25(2)35(41)45-21-19-39-37(43)47-33-17-15-29(27-11-7-5-8-12-27)23-31(33)32-24-30(28-13-9-6-10-14-28)16-18-34(32)48-38(44)40-20-22-46-36(42)26(3)4/h5-18,23-24H,1,3,19-22H2,2,4H3,(H,39,43)(H,40,44). The van der Waals surface area contributed by atoms with E-state index in [4.69, 9.17) is 18.9 Å². The van der Waals surface area contributed by atoms with Gasteiger partial charge in [0.25, 0.3) is 0 Å². The van der Waals surface area contributed by atoms with Crippen molar-refractivity contribution >= 4 is 24.1 Å². The van der Waals surface area contributed by atoms with Gasteiger partial charge in [-0.05, 0) is 60.4 Å². The van der Waals surface area contributed by atoms with Crippen LogP contribution in [0.4, 0.5) is 9.59 Å². The van der Waals surface area contributed by atoms with Gasteiger partial charge in [0.2, 0.25) is 0 Å². The van der Waals surface area contributed by atoms with E-state index in [9.17, 15) is 19.2 Å². The number of hydrogen-bond donors (Lipinski definition) is 2. The Morgan fingerprint density at radius 3 is 1.27 bits per heavy atom. The third-order valence-electron chi connectivity index (χ3n) is 6.77. The predicted molar refractivity (Wildman–Crippen MR) is 182 cm³/mol. The van der Waals surface area contributed by atoms with Gasteiger partial charge in [0.1, 0.15) is 24.7 Å². The molecule has 10 nitrogen and oxygen atoms in total. The highest BCUT2D eigenvalue weighted by atomic mass is 16.6. The van der Waals surface area contributed by atoms with Crippen LogP contribution in [0.15, 0.2) is 121 Å². The molecule has 4 aromatic rings. The second kappa shape index (κ2) is 17.0. The Bertz CT molecular complexity index is 1670. The van der Waals surface area contributed by atoms with Crippen LogP contribution in [0, 0.1) is 0 Å². The molecule has 0 heterocycles. The number of benzene rings is 4. The van der Waals surface area contributed by atoms with Gasteiger partial charge in [-0.1, -0.05) is 86.0 Å². The lowest BCUT2D eigenvalue weighted by molar-refractivity contribution is -0.139. The van der Waals surface area contributed by atoms with Gasteiger partial charge in [-0.2, -0.15) is 0 Å². The van der Waals surface area contributed by atoms with Crippen molar-refractivity contribution in [3.8, 4) is 44.9 Å². The number of nitrogens with one attached hydrogen (secondary N) is 2. The number of carbonyl (C=O) groups is 4. The third-order valence-corrected chi connectivity index (χ3v) is 6.77. The maximum Gasteiger partial charge on any atom is 0.412 e. The van der Waals surface area contributed by atoms with Gasteiger partial charge in [0.05, 0.1) is 13.1 Å². The molecule has 4 aromatic carbocycles. The minimum Gasteiger partial charge on any atom is -0.460 e. The molecule has 0 radical (unpaired) electrons. The molecular weight excluding hydrogens is 612 g/mol. The van der Waals surface area contributed by atoms with Gasteiger partial charge >= 0.3 is 24.1 Å². The first kappa shape index (κ1) is 34.7. The van der Waals surface area contributed by atoms with Crippen LogP contribution in [0.1, 0.15) is 13.8 Å². The molecule has 0 unspecified atom stereocenters. The fourth-order valence-electron chi connectivity index (χ4n) is 4.39. The van der Waals surface area contributed by atoms with E-state index in [0.717, 1.165) is 22.3 Å². The normalized spacial score (nSPS) is 10.3. The summed E-state index contributed by atoms with van der Waals surface area (Å²) in [7, 11) is 0. The van der Waals surface area contributed by atoms with E-state index in [0.29, 0.717) is 11.1 Å². The molecular formula is C38H36N2O8. The first-order chi connectivity index (χ1) is 23.1. The summed E-state index contributed by atoms with van der Waals surface area (Å²) >= 11 is 0. The fraction of sp³-hybridized carbons (Fsp3) is 0.158. The molecule has 0 saturated heterocycles. The highest BCUT2D eigenvalue weighted by molar-refractivity contribution is 5.88. The van der Waals surface area contributed by atoms with Crippen LogP contribution in [-0.4, -0.2) is 50.4 Å². The SMILES string of the molecule is C=C(C)C(=O)OCCNC(=O)Oc1ccc(-c2ccccc2)cc1-c1cc(-c2ccccc2)ccc1OC(=O)NCCOC(=O)C(=C)C. The lowest BCUT2D eigenvalue weighted by Crippen LogP contribution is -2.31. The third kappa shape index (κ3) is 9.92. The van der Waals surface area contributed by atoms with Crippen molar-refractivity contribution in [2.24, 2.45) is 0 Å². The van der Waals surface area contributed by atoms with Crippen LogP contribution in [-0.2, 0) is 19.1 Å². The largest absolute Gasteiger partial charge is 0.460 e. The zero-order valence-corrected chi connectivity index (χ0v) is 26.7. The number of rotatable bonds is 13. The Kier molecular flexibility index (Phi) is 12.3. The molecule has 0 aromatic heterocycles. The summed E-state index contributed by atoms with van der Waals surface area (Å²) in [6, 6.07) is 29.9. The molecule has 0 aliphatic heterocycles. The molecule has 0 bridgehead atoms. The van der Waals surface area contributed by atoms with E-state index >= 15 is 0 Å². The molecule has 10 heteroatoms. The zero-order chi connectivity index (χ0) is 34.5. The Labute approximate surface area is 279 Å². The van der Waals surface area contributed by atoms with Crippen LogP contribution < -0.4 is 20.1 Å². The van der Waals surface area contributed by atoms with Gasteiger partial charge < -0.3 is 29.6 Å². The second-order valence-electron chi connectivity index (χ2n) is 10.6. The molecule has 2 N–H and O–H groups in total. The van der Waals surface area contributed by atoms with Gasteiger partial charge in [0.15, 0.2) is 0 Å². The maximum atomic E-state index is 12.9.